The molecule has 1 rings (SSSR count). The lowest BCUT2D eigenvalue weighted by Crippen LogP contribution is -2.00. The third-order valence-corrected chi connectivity index (χ3v) is 1.57. The molecule has 0 aromatic carbocycles. The predicted octanol–water partition coefficient (Wildman–Crippen LogP) is 1.97. The van der Waals surface area contributed by atoms with Gasteiger partial charge >= 0.3 is 5.69 Å². The Morgan fingerprint density at radius 2 is 2.29 bits per heavy atom. The van der Waals surface area contributed by atoms with E-state index in [-0.39, 0.29) is 5.82 Å². The molecule has 0 atom stereocenters. The molecule has 14 heavy (non-hydrogen) atoms. The van der Waals surface area contributed by atoms with Gasteiger partial charge in [0, 0.05) is 24.9 Å². The minimum atomic E-state index is -2.76. The number of nitrogens with zero attached hydrogens (tertiary/aromatic N) is 2. The van der Waals surface area contributed by atoms with Crippen molar-refractivity contribution in [1.82, 2.24) is 4.98 Å². The van der Waals surface area contributed by atoms with Crippen molar-refractivity contribution >= 4 is 11.5 Å². The van der Waals surface area contributed by atoms with Gasteiger partial charge in [-0.25, -0.2) is 13.8 Å². The summed E-state index contributed by atoms with van der Waals surface area (Å²) in [6.45, 7) is 0. The average Bonchev–Trinajstić information content (AvgIpc) is 2.16. The van der Waals surface area contributed by atoms with E-state index in [0.29, 0.717) is 0 Å². The Balaban J connectivity index is 3.21. The fraction of sp³-hybridized carbons (Fsp3) is 0.286. The second-order valence-electron chi connectivity index (χ2n) is 2.44. The first-order valence-corrected chi connectivity index (χ1v) is 3.66. The van der Waals surface area contributed by atoms with Crippen molar-refractivity contribution in [2.24, 2.45) is 0 Å². The Labute approximate surface area is 77.9 Å². The molecule has 0 aliphatic heterocycles. The van der Waals surface area contributed by atoms with Crippen molar-refractivity contribution in [2.45, 2.75) is 6.43 Å². The molecule has 7 heteroatoms. The first kappa shape index (κ1) is 10.3. The molecule has 0 fully saturated rings. The number of hydrogen-bond acceptors (Lipinski definition) is 4. The van der Waals surface area contributed by atoms with E-state index >= 15 is 0 Å². The summed E-state index contributed by atoms with van der Waals surface area (Å²) >= 11 is 0. The summed E-state index contributed by atoms with van der Waals surface area (Å²) in [4.78, 5) is 13.2. The third-order valence-electron chi connectivity index (χ3n) is 1.57. The fourth-order valence-electron chi connectivity index (χ4n) is 0.920. The molecule has 0 saturated heterocycles. The second-order valence-corrected chi connectivity index (χ2v) is 2.44. The van der Waals surface area contributed by atoms with Crippen molar-refractivity contribution in [3.05, 3.63) is 27.9 Å². The maximum atomic E-state index is 12.2. The highest BCUT2D eigenvalue weighted by Crippen LogP contribution is 2.27. The number of pyridine rings is 1. The van der Waals surface area contributed by atoms with Crippen molar-refractivity contribution in [3.63, 3.8) is 0 Å². The number of halogens is 2. The van der Waals surface area contributed by atoms with Crippen molar-refractivity contribution in [1.29, 1.82) is 0 Å². The van der Waals surface area contributed by atoms with Crippen LogP contribution in [0.25, 0.3) is 0 Å². The van der Waals surface area contributed by atoms with Gasteiger partial charge < -0.3 is 5.32 Å². The van der Waals surface area contributed by atoms with Gasteiger partial charge in [-0.3, -0.25) is 10.1 Å². The van der Waals surface area contributed by atoms with Gasteiger partial charge in [-0.1, -0.05) is 0 Å². The number of alkyl halides is 2. The summed E-state index contributed by atoms with van der Waals surface area (Å²) in [7, 11) is 1.43. The largest absolute Gasteiger partial charge is 0.367 e. The molecule has 76 valence electrons. The summed E-state index contributed by atoms with van der Waals surface area (Å²) < 4.78 is 24.3. The van der Waals surface area contributed by atoms with Gasteiger partial charge in [0.15, 0.2) is 0 Å². The van der Waals surface area contributed by atoms with Crippen LogP contribution >= 0.6 is 0 Å². The summed E-state index contributed by atoms with van der Waals surface area (Å²) in [5.74, 6) is -0.0283. The van der Waals surface area contributed by atoms with Gasteiger partial charge in [0.25, 0.3) is 6.43 Å². The van der Waals surface area contributed by atoms with E-state index in [2.05, 4.69) is 10.3 Å². The van der Waals surface area contributed by atoms with Crippen LogP contribution in [0.2, 0.25) is 0 Å². The van der Waals surface area contributed by atoms with E-state index in [1.807, 2.05) is 0 Å². The Kier molecular flexibility index (Phi) is 2.90. The zero-order valence-electron chi connectivity index (χ0n) is 7.20. The number of aromatic nitrogens is 1. The van der Waals surface area contributed by atoms with Crippen LogP contribution in [0, 0.1) is 10.1 Å². The molecule has 1 heterocycles. The molecule has 1 aromatic rings. The highest BCUT2D eigenvalue weighted by Gasteiger charge is 2.18. The average molecular weight is 203 g/mol. The van der Waals surface area contributed by atoms with E-state index in [4.69, 9.17) is 0 Å². The third kappa shape index (κ3) is 1.93. The second kappa shape index (κ2) is 3.95. The topological polar surface area (TPSA) is 68.1 Å². The first-order valence-electron chi connectivity index (χ1n) is 3.66. The van der Waals surface area contributed by atoms with Gasteiger partial charge in [-0.05, 0) is 0 Å². The van der Waals surface area contributed by atoms with E-state index in [1.54, 1.807) is 0 Å². The molecule has 0 radical (unpaired) electrons. The zero-order valence-corrected chi connectivity index (χ0v) is 7.20. The van der Waals surface area contributed by atoms with Crippen LogP contribution in [0.3, 0.4) is 0 Å². The SMILES string of the molecule is CNc1ncc(C(F)F)cc1[N+](=O)[O-]. The Morgan fingerprint density at radius 1 is 1.64 bits per heavy atom. The molecule has 0 aliphatic rings. The molecule has 0 saturated carbocycles. The van der Waals surface area contributed by atoms with Crippen LogP contribution in [0.5, 0.6) is 0 Å². The number of hydrogen-bond donors (Lipinski definition) is 1. The normalized spacial score (nSPS) is 10.3. The van der Waals surface area contributed by atoms with Gasteiger partial charge in [-0.15, -0.1) is 0 Å². The first-order chi connectivity index (χ1) is 6.56. The van der Waals surface area contributed by atoms with Crippen LogP contribution in [0.4, 0.5) is 20.3 Å². The molecule has 0 unspecified atom stereocenters. The van der Waals surface area contributed by atoms with Crippen molar-refractivity contribution < 1.29 is 13.7 Å². The van der Waals surface area contributed by atoms with Crippen LogP contribution in [-0.2, 0) is 0 Å². The summed E-state index contributed by atoms with van der Waals surface area (Å²) in [6, 6.07) is 0.809. The number of anilines is 1. The highest BCUT2D eigenvalue weighted by atomic mass is 19.3. The fourth-order valence-corrected chi connectivity index (χ4v) is 0.920. The van der Waals surface area contributed by atoms with Crippen LogP contribution in [-0.4, -0.2) is 17.0 Å². The molecule has 1 aromatic heterocycles. The van der Waals surface area contributed by atoms with Gasteiger partial charge in [0.2, 0.25) is 5.82 Å². The van der Waals surface area contributed by atoms with E-state index < -0.39 is 22.6 Å². The van der Waals surface area contributed by atoms with Gasteiger partial charge in [0.1, 0.15) is 0 Å². The van der Waals surface area contributed by atoms with Crippen LogP contribution < -0.4 is 5.32 Å². The molecule has 0 aliphatic carbocycles. The summed E-state index contributed by atoms with van der Waals surface area (Å²) in [6.07, 6.45) is -1.85. The lowest BCUT2D eigenvalue weighted by Gasteiger charge is -2.03. The van der Waals surface area contributed by atoms with Gasteiger partial charge in [-0.2, -0.15) is 0 Å². The standard InChI is InChI=1S/C7H7F2N3O2/c1-10-7-5(12(13)14)2-4(3-11-7)6(8)9/h2-3,6H,1H3,(H,10,11). The molecular weight excluding hydrogens is 196 g/mol. The maximum Gasteiger partial charge on any atom is 0.311 e. The highest BCUT2D eigenvalue weighted by molar-refractivity contribution is 5.56. The molecule has 0 bridgehead atoms. The minimum Gasteiger partial charge on any atom is -0.367 e. The van der Waals surface area contributed by atoms with E-state index in [0.717, 1.165) is 12.3 Å². The van der Waals surface area contributed by atoms with Gasteiger partial charge in [0.05, 0.1) is 4.92 Å². The number of rotatable bonds is 3. The molecule has 0 spiro atoms. The lowest BCUT2D eigenvalue weighted by molar-refractivity contribution is -0.384. The zero-order chi connectivity index (χ0) is 10.7. The van der Waals surface area contributed by atoms with E-state index in [9.17, 15) is 18.9 Å². The molecule has 5 nitrogen and oxygen atoms in total. The number of nitrogens with one attached hydrogen (secondary N) is 1. The van der Waals surface area contributed by atoms with Crippen molar-refractivity contribution in [2.75, 3.05) is 12.4 Å². The summed E-state index contributed by atoms with van der Waals surface area (Å²) in [5, 5.41) is 12.9. The minimum absolute atomic E-state index is 0.0283. The summed E-state index contributed by atoms with van der Waals surface area (Å²) in [5.41, 5.74) is -0.916. The molecule has 0 amide bonds. The maximum absolute atomic E-state index is 12.2. The predicted molar refractivity (Wildman–Crippen MR) is 45.4 cm³/mol. The van der Waals surface area contributed by atoms with E-state index in [1.165, 1.54) is 7.05 Å². The monoisotopic (exact) mass is 203 g/mol. The Morgan fingerprint density at radius 3 is 2.71 bits per heavy atom. The molecule has 1 N–H and O–H groups in total. The molecular formula is C7H7F2N3O2. The number of nitro groups is 1. The van der Waals surface area contributed by atoms with Crippen molar-refractivity contribution in [3.8, 4) is 0 Å². The lowest BCUT2D eigenvalue weighted by atomic mass is 10.2. The van der Waals surface area contributed by atoms with Crippen LogP contribution in [0.1, 0.15) is 12.0 Å². The Hall–Kier alpha value is -1.79. The Bertz CT molecular complexity index is 357. The quantitative estimate of drug-likeness (QED) is 0.602. The van der Waals surface area contributed by atoms with Crippen LogP contribution in [0.15, 0.2) is 12.3 Å². The smallest absolute Gasteiger partial charge is 0.311 e.